The molecule has 0 radical (unpaired) electrons. The van der Waals surface area contributed by atoms with Crippen LogP contribution in [0.5, 0.6) is 0 Å². The van der Waals surface area contributed by atoms with Crippen molar-refractivity contribution in [2.24, 2.45) is 0 Å². The van der Waals surface area contributed by atoms with E-state index in [9.17, 15) is 4.79 Å². The second-order valence-electron chi connectivity index (χ2n) is 5.20. The minimum absolute atomic E-state index is 0. The molecule has 1 fully saturated rings. The molecule has 1 atom stereocenters. The Kier molecular flexibility index (Phi) is 5.63. The van der Waals surface area contributed by atoms with Gasteiger partial charge in [-0.3, -0.25) is 4.79 Å². The van der Waals surface area contributed by atoms with Crippen LogP contribution in [-0.2, 0) is 0 Å². The Labute approximate surface area is 135 Å². The van der Waals surface area contributed by atoms with E-state index in [4.69, 9.17) is 8.94 Å². The molecule has 0 aliphatic carbocycles. The number of carbonyl (C=O) groups is 1. The van der Waals surface area contributed by atoms with Gasteiger partial charge in [0.05, 0.1) is 6.26 Å². The van der Waals surface area contributed by atoms with Crippen LogP contribution >= 0.6 is 12.4 Å². The van der Waals surface area contributed by atoms with Crippen LogP contribution in [0.25, 0.3) is 11.5 Å². The molecule has 2 aromatic heterocycles. The van der Waals surface area contributed by atoms with Crippen LogP contribution in [0.15, 0.2) is 33.4 Å². The zero-order valence-electron chi connectivity index (χ0n) is 12.4. The van der Waals surface area contributed by atoms with Gasteiger partial charge >= 0.3 is 0 Å². The largest absolute Gasteiger partial charge is 0.461 e. The van der Waals surface area contributed by atoms with E-state index in [1.807, 2.05) is 4.90 Å². The average Bonchev–Trinajstić information content (AvgIpc) is 3.25. The molecular formula is C15H20ClN3O3. The maximum Gasteiger partial charge on any atom is 0.276 e. The van der Waals surface area contributed by atoms with E-state index < -0.39 is 0 Å². The molecule has 0 aromatic carbocycles. The molecule has 1 aliphatic heterocycles. The lowest BCUT2D eigenvalue weighted by atomic mass is 10.2. The van der Waals surface area contributed by atoms with Crippen molar-refractivity contribution in [2.45, 2.75) is 25.8 Å². The first-order chi connectivity index (χ1) is 10.3. The zero-order chi connectivity index (χ0) is 14.7. The van der Waals surface area contributed by atoms with Gasteiger partial charge in [0.1, 0.15) is 0 Å². The monoisotopic (exact) mass is 325 g/mol. The SMILES string of the molecule is CCCN(C(=O)c1cc(-c2ccco2)on1)C1CCNC1.Cl. The molecule has 3 heterocycles. The molecule has 1 amide bonds. The van der Waals surface area contributed by atoms with Crippen molar-refractivity contribution >= 4 is 18.3 Å². The molecule has 2 aromatic rings. The molecule has 6 nitrogen and oxygen atoms in total. The summed E-state index contributed by atoms with van der Waals surface area (Å²) >= 11 is 0. The van der Waals surface area contributed by atoms with Crippen LogP contribution in [-0.4, -0.2) is 41.6 Å². The predicted octanol–water partition coefficient (Wildman–Crippen LogP) is 2.57. The summed E-state index contributed by atoms with van der Waals surface area (Å²) in [6.45, 7) is 4.59. The number of aromatic nitrogens is 1. The van der Waals surface area contributed by atoms with E-state index >= 15 is 0 Å². The molecule has 22 heavy (non-hydrogen) atoms. The highest BCUT2D eigenvalue weighted by Crippen LogP contribution is 2.22. The van der Waals surface area contributed by atoms with Crippen LogP contribution in [0.2, 0.25) is 0 Å². The lowest BCUT2D eigenvalue weighted by Crippen LogP contribution is -2.42. The maximum absolute atomic E-state index is 12.6. The van der Waals surface area contributed by atoms with Gasteiger partial charge in [-0.2, -0.15) is 0 Å². The van der Waals surface area contributed by atoms with Crippen molar-refractivity contribution in [2.75, 3.05) is 19.6 Å². The van der Waals surface area contributed by atoms with Gasteiger partial charge in [0.2, 0.25) is 5.76 Å². The fourth-order valence-corrected chi connectivity index (χ4v) is 2.65. The topological polar surface area (TPSA) is 71.5 Å². The number of carbonyl (C=O) groups excluding carboxylic acids is 1. The van der Waals surface area contributed by atoms with Gasteiger partial charge in [-0.05, 0) is 31.5 Å². The number of hydrogen-bond acceptors (Lipinski definition) is 5. The Bertz CT molecular complexity index is 591. The first-order valence-electron chi connectivity index (χ1n) is 7.32. The summed E-state index contributed by atoms with van der Waals surface area (Å²) in [6, 6.07) is 5.43. The van der Waals surface area contributed by atoms with Crippen molar-refractivity contribution in [1.82, 2.24) is 15.4 Å². The van der Waals surface area contributed by atoms with Gasteiger partial charge in [-0.25, -0.2) is 0 Å². The van der Waals surface area contributed by atoms with Crippen molar-refractivity contribution in [1.29, 1.82) is 0 Å². The Hall–Kier alpha value is -1.79. The van der Waals surface area contributed by atoms with Gasteiger partial charge in [-0.1, -0.05) is 12.1 Å². The molecule has 3 rings (SSSR count). The molecular weight excluding hydrogens is 306 g/mol. The lowest BCUT2D eigenvalue weighted by Gasteiger charge is -2.27. The second-order valence-corrected chi connectivity index (χ2v) is 5.20. The van der Waals surface area contributed by atoms with Crippen LogP contribution in [0.3, 0.4) is 0 Å². The smallest absolute Gasteiger partial charge is 0.276 e. The van der Waals surface area contributed by atoms with Gasteiger partial charge < -0.3 is 19.2 Å². The number of nitrogens with zero attached hydrogens (tertiary/aromatic N) is 2. The Morgan fingerprint density at radius 1 is 1.50 bits per heavy atom. The molecule has 0 spiro atoms. The summed E-state index contributed by atoms with van der Waals surface area (Å²) in [5, 5.41) is 7.19. The van der Waals surface area contributed by atoms with Gasteiger partial charge in [0.25, 0.3) is 5.91 Å². The Morgan fingerprint density at radius 3 is 3.00 bits per heavy atom. The highest BCUT2D eigenvalue weighted by Gasteiger charge is 2.28. The van der Waals surface area contributed by atoms with E-state index in [1.165, 1.54) is 0 Å². The highest BCUT2D eigenvalue weighted by molar-refractivity contribution is 5.93. The number of amides is 1. The van der Waals surface area contributed by atoms with Gasteiger partial charge in [-0.15, -0.1) is 12.4 Å². The van der Waals surface area contributed by atoms with E-state index in [0.717, 1.165) is 32.5 Å². The van der Waals surface area contributed by atoms with Crippen LogP contribution in [0.1, 0.15) is 30.3 Å². The third-order valence-electron chi connectivity index (χ3n) is 3.69. The third-order valence-corrected chi connectivity index (χ3v) is 3.69. The van der Waals surface area contributed by atoms with Crippen molar-refractivity contribution in [3.63, 3.8) is 0 Å². The van der Waals surface area contributed by atoms with Crippen LogP contribution in [0, 0.1) is 0 Å². The average molecular weight is 326 g/mol. The minimum atomic E-state index is -0.0768. The quantitative estimate of drug-likeness (QED) is 0.914. The molecule has 1 aliphatic rings. The van der Waals surface area contributed by atoms with Gasteiger partial charge in [0.15, 0.2) is 11.5 Å². The predicted molar refractivity (Wildman–Crippen MR) is 84.1 cm³/mol. The fraction of sp³-hybridized carbons (Fsp3) is 0.467. The van der Waals surface area contributed by atoms with Crippen molar-refractivity contribution in [3.8, 4) is 11.5 Å². The number of rotatable bonds is 5. The summed E-state index contributed by atoms with van der Waals surface area (Å²) in [6.07, 6.45) is 3.46. The lowest BCUT2D eigenvalue weighted by molar-refractivity contribution is 0.0681. The molecule has 120 valence electrons. The second kappa shape index (κ2) is 7.47. The molecule has 0 saturated carbocycles. The molecule has 7 heteroatoms. The van der Waals surface area contributed by atoms with Crippen molar-refractivity contribution in [3.05, 3.63) is 30.2 Å². The standard InChI is InChI=1S/C15H19N3O3.ClH/c1-2-7-18(11-5-6-16-10-11)15(19)12-9-14(21-17-12)13-4-3-8-20-13;/h3-4,8-9,11,16H,2,5-7,10H2,1H3;1H. The van der Waals surface area contributed by atoms with E-state index in [1.54, 1.807) is 24.5 Å². The molecule has 1 N–H and O–H groups in total. The summed E-state index contributed by atoms with van der Waals surface area (Å²) in [5.41, 5.74) is 0.335. The zero-order valence-corrected chi connectivity index (χ0v) is 13.3. The Morgan fingerprint density at radius 2 is 2.36 bits per heavy atom. The summed E-state index contributed by atoms with van der Waals surface area (Å²) in [7, 11) is 0. The first kappa shape index (κ1) is 16.6. The fourth-order valence-electron chi connectivity index (χ4n) is 2.65. The molecule has 1 saturated heterocycles. The van der Waals surface area contributed by atoms with Gasteiger partial charge in [0, 0.05) is 25.2 Å². The summed E-state index contributed by atoms with van der Waals surface area (Å²) in [4.78, 5) is 14.5. The first-order valence-corrected chi connectivity index (χ1v) is 7.32. The third kappa shape index (κ3) is 3.34. The molecule has 0 bridgehead atoms. The summed E-state index contributed by atoms with van der Waals surface area (Å²) in [5.74, 6) is 0.975. The molecule has 1 unspecified atom stereocenters. The number of nitrogens with one attached hydrogen (secondary N) is 1. The number of hydrogen-bond donors (Lipinski definition) is 1. The van der Waals surface area contributed by atoms with E-state index in [0.29, 0.717) is 17.2 Å². The van der Waals surface area contributed by atoms with Crippen LogP contribution < -0.4 is 5.32 Å². The number of furan rings is 1. The van der Waals surface area contributed by atoms with Crippen LogP contribution in [0.4, 0.5) is 0 Å². The normalized spacial score (nSPS) is 17.2. The number of halogens is 1. The highest BCUT2D eigenvalue weighted by atomic mass is 35.5. The van der Waals surface area contributed by atoms with E-state index in [-0.39, 0.29) is 24.4 Å². The summed E-state index contributed by atoms with van der Waals surface area (Å²) < 4.78 is 10.5. The minimum Gasteiger partial charge on any atom is -0.461 e. The Balaban J connectivity index is 0.00000176. The van der Waals surface area contributed by atoms with Crippen molar-refractivity contribution < 1.29 is 13.7 Å². The van der Waals surface area contributed by atoms with E-state index in [2.05, 4.69) is 17.4 Å². The maximum atomic E-state index is 12.6.